The number of allylic oxidation sites excluding steroid dienone is 4. The highest BCUT2D eigenvalue weighted by Gasteiger charge is 1.95. The second-order valence-electron chi connectivity index (χ2n) is 2.32. The van der Waals surface area contributed by atoms with Crippen molar-refractivity contribution in [3.8, 4) is 0 Å². The maximum Gasteiger partial charge on any atom is 0.357 e. The van der Waals surface area contributed by atoms with Crippen LogP contribution in [0.4, 0.5) is 4.39 Å². The largest absolute Gasteiger partial charge is 0.381 e. The average Bonchev–Trinajstić information content (AvgIpc) is 1.98. The van der Waals surface area contributed by atoms with E-state index in [1.807, 2.05) is 0 Å². The second-order valence-corrected chi connectivity index (χ2v) is 2.92. The predicted molar refractivity (Wildman–Crippen MR) is 49.6 cm³/mol. The first-order chi connectivity index (χ1) is 5.93. The van der Waals surface area contributed by atoms with Gasteiger partial charge in [-0.1, -0.05) is 12.7 Å². The Morgan fingerprint density at radius 1 is 1.54 bits per heavy atom. The molecular formula is C8H11FO3S. The smallest absolute Gasteiger partial charge is 0.357 e. The Morgan fingerprint density at radius 2 is 2.08 bits per heavy atom. The van der Waals surface area contributed by atoms with Crippen LogP contribution in [0.2, 0.25) is 0 Å². The molecule has 0 amide bonds. The summed E-state index contributed by atoms with van der Waals surface area (Å²) in [5.41, 5.74) is 0.411. The molecule has 13 heavy (non-hydrogen) atoms. The van der Waals surface area contributed by atoms with Gasteiger partial charge in [0.1, 0.15) is 5.76 Å². The average molecular weight is 206 g/mol. The Balaban J connectivity index is 4.21. The maximum absolute atomic E-state index is 12.5. The molecule has 1 unspecified atom stereocenters. The minimum absolute atomic E-state index is 0.00133. The monoisotopic (exact) mass is 206 g/mol. The van der Waals surface area contributed by atoms with E-state index in [-0.39, 0.29) is 11.6 Å². The van der Waals surface area contributed by atoms with Crippen LogP contribution in [0.1, 0.15) is 13.8 Å². The van der Waals surface area contributed by atoms with Crippen molar-refractivity contribution in [2.75, 3.05) is 0 Å². The first-order valence-electron chi connectivity index (χ1n) is 3.42. The summed E-state index contributed by atoms with van der Waals surface area (Å²) in [6, 6.07) is 0. The zero-order chi connectivity index (χ0) is 10.4. The molecule has 0 aliphatic rings. The van der Waals surface area contributed by atoms with Crippen molar-refractivity contribution in [1.29, 1.82) is 0 Å². The van der Waals surface area contributed by atoms with Crippen LogP contribution in [0.25, 0.3) is 0 Å². The Hall–Kier alpha value is -0.940. The van der Waals surface area contributed by atoms with Gasteiger partial charge in [-0.05, 0) is 25.5 Å². The lowest BCUT2D eigenvalue weighted by atomic mass is 10.2. The van der Waals surface area contributed by atoms with Crippen molar-refractivity contribution in [3.63, 3.8) is 0 Å². The molecule has 3 nitrogen and oxygen atoms in total. The molecule has 0 aliphatic carbocycles. The third-order valence-electron chi connectivity index (χ3n) is 1.24. The SMILES string of the molecule is C=C(C=CC(C)=C(C)F)OS(=O)O. The predicted octanol–water partition coefficient (Wildman–Crippen LogP) is 2.47. The second kappa shape index (κ2) is 5.66. The molecule has 0 spiro atoms. The quantitative estimate of drug-likeness (QED) is 0.436. The molecular weight excluding hydrogens is 195 g/mol. The van der Waals surface area contributed by atoms with E-state index in [1.165, 1.54) is 19.1 Å². The minimum Gasteiger partial charge on any atom is -0.381 e. The molecule has 5 heteroatoms. The molecule has 0 saturated heterocycles. The van der Waals surface area contributed by atoms with Gasteiger partial charge in [0.25, 0.3) is 0 Å². The van der Waals surface area contributed by atoms with Crippen LogP contribution < -0.4 is 0 Å². The van der Waals surface area contributed by atoms with Crippen molar-refractivity contribution in [1.82, 2.24) is 0 Å². The van der Waals surface area contributed by atoms with Crippen molar-refractivity contribution >= 4 is 11.4 Å². The van der Waals surface area contributed by atoms with Crippen LogP contribution in [0.5, 0.6) is 0 Å². The minimum atomic E-state index is -2.38. The molecule has 0 aromatic carbocycles. The molecule has 0 rings (SSSR count). The van der Waals surface area contributed by atoms with Gasteiger partial charge in [-0.3, -0.25) is 4.55 Å². The van der Waals surface area contributed by atoms with E-state index in [0.29, 0.717) is 5.57 Å². The fourth-order valence-electron chi connectivity index (χ4n) is 0.452. The molecule has 0 radical (unpaired) electrons. The first kappa shape index (κ1) is 12.1. The van der Waals surface area contributed by atoms with Crippen molar-refractivity contribution in [3.05, 3.63) is 35.9 Å². The zero-order valence-electron chi connectivity index (χ0n) is 7.41. The summed E-state index contributed by atoms with van der Waals surface area (Å²) in [6.45, 7) is 6.20. The van der Waals surface area contributed by atoms with Gasteiger partial charge in [-0.15, -0.1) is 0 Å². The Labute approximate surface area is 79.1 Å². The molecule has 0 aromatic heterocycles. The fourth-order valence-corrected chi connectivity index (χ4v) is 0.691. The van der Waals surface area contributed by atoms with Gasteiger partial charge in [-0.2, -0.15) is 4.21 Å². The van der Waals surface area contributed by atoms with Crippen LogP contribution in [0.3, 0.4) is 0 Å². The third kappa shape index (κ3) is 6.24. The molecule has 0 fully saturated rings. The number of halogens is 1. The van der Waals surface area contributed by atoms with E-state index < -0.39 is 11.4 Å². The Morgan fingerprint density at radius 3 is 2.46 bits per heavy atom. The normalized spacial score (nSPS) is 15.4. The van der Waals surface area contributed by atoms with Gasteiger partial charge in [0.05, 0.1) is 5.83 Å². The molecule has 0 heterocycles. The lowest BCUT2D eigenvalue weighted by Gasteiger charge is -1.97. The van der Waals surface area contributed by atoms with Crippen LogP contribution >= 0.6 is 0 Å². The summed E-state index contributed by atoms with van der Waals surface area (Å²) in [5, 5.41) is 0. The number of hydrogen-bond acceptors (Lipinski definition) is 2. The molecule has 1 atom stereocenters. The van der Waals surface area contributed by atoms with Gasteiger partial charge >= 0.3 is 11.4 Å². The van der Waals surface area contributed by atoms with E-state index in [9.17, 15) is 8.60 Å². The van der Waals surface area contributed by atoms with Crippen molar-refractivity contribution in [2.24, 2.45) is 0 Å². The van der Waals surface area contributed by atoms with Gasteiger partial charge < -0.3 is 4.18 Å². The highest BCUT2D eigenvalue weighted by molar-refractivity contribution is 7.74. The number of rotatable bonds is 4. The van der Waals surface area contributed by atoms with Crippen LogP contribution in [0, 0.1) is 0 Å². The highest BCUT2D eigenvalue weighted by atomic mass is 32.2. The van der Waals surface area contributed by atoms with E-state index in [2.05, 4.69) is 10.8 Å². The standard InChI is InChI=1S/C8H11FO3S/c1-6(8(3)9)4-5-7(2)12-13(10)11/h4-5H,2H2,1,3H3,(H,10,11). The van der Waals surface area contributed by atoms with Crippen LogP contribution in [-0.2, 0) is 15.5 Å². The lowest BCUT2D eigenvalue weighted by Crippen LogP contribution is -1.91. The highest BCUT2D eigenvalue weighted by Crippen LogP contribution is 2.07. The zero-order valence-corrected chi connectivity index (χ0v) is 8.23. The van der Waals surface area contributed by atoms with Gasteiger partial charge in [0, 0.05) is 0 Å². The molecule has 0 bridgehead atoms. The van der Waals surface area contributed by atoms with Crippen LogP contribution in [0.15, 0.2) is 35.9 Å². The first-order valence-corrected chi connectivity index (χ1v) is 4.46. The third-order valence-corrected chi connectivity index (χ3v) is 1.60. The van der Waals surface area contributed by atoms with Crippen LogP contribution in [-0.4, -0.2) is 8.76 Å². The van der Waals surface area contributed by atoms with Crippen molar-refractivity contribution in [2.45, 2.75) is 13.8 Å². The van der Waals surface area contributed by atoms with Crippen molar-refractivity contribution < 1.29 is 17.3 Å². The topological polar surface area (TPSA) is 46.5 Å². The Kier molecular flexibility index (Phi) is 5.25. The van der Waals surface area contributed by atoms with Gasteiger partial charge in [-0.25, -0.2) is 4.39 Å². The van der Waals surface area contributed by atoms with E-state index in [0.717, 1.165) is 0 Å². The molecule has 0 saturated carbocycles. The molecule has 0 aromatic rings. The summed E-state index contributed by atoms with van der Waals surface area (Å²) in [4.78, 5) is 0. The van der Waals surface area contributed by atoms with Gasteiger partial charge in [0.15, 0.2) is 0 Å². The molecule has 1 N–H and O–H groups in total. The van der Waals surface area contributed by atoms with E-state index in [1.54, 1.807) is 6.92 Å². The van der Waals surface area contributed by atoms with Gasteiger partial charge in [0.2, 0.25) is 0 Å². The summed E-state index contributed by atoms with van der Waals surface area (Å²) < 4.78 is 35.1. The Bertz CT molecular complexity index is 277. The van der Waals surface area contributed by atoms with E-state index in [4.69, 9.17) is 4.55 Å². The summed E-state index contributed by atoms with van der Waals surface area (Å²) >= 11 is -2.38. The summed E-state index contributed by atoms with van der Waals surface area (Å²) in [7, 11) is 0. The maximum atomic E-state index is 12.5. The summed E-state index contributed by atoms with van der Waals surface area (Å²) in [6.07, 6.45) is 2.72. The molecule has 0 aliphatic heterocycles. The fraction of sp³-hybridized carbons (Fsp3) is 0.250. The summed E-state index contributed by atoms with van der Waals surface area (Å²) in [5.74, 6) is -0.324. The number of hydrogen-bond donors (Lipinski definition) is 1. The molecule has 74 valence electrons. The lowest BCUT2D eigenvalue weighted by molar-refractivity contribution is 0.400. The van der Waals surface area contributed by atoms with E-state index >= 15 is 0 Å².